The van der Waals surface area contributed by atoms with E-state index in [1.165, 1.54) is 38.2 Å². The summed E-state index contributed by atoms with van der Waals surface area (Å²) >= 11 is 0. The third kappa shape index (κ3) is 5.60. The van der Waals surface area contributed by atoms with Crippen LogP contribution in [0.5, 0.6) is 11.5 Å². The molecule has 0 saturated carbocycles. The SMILES string of the molecule is CN1C(NC(=O)OC(C)(C)C)=N[C@](C)(c2cc(Cc3cccc4c3OC(F)(F)O4)ccc2F)CS1(=O)=O. The molecule has 0 aromatic heterocycles. The number of nitrogens with zero attached hydrogens (tertiary/aromatic N) is 2. The fourth-order valence-corrected chi connectivity index (χ4v) is 5.51. The Bertz CT molecular complexity index is 1390. The molecule has 2 heterocycles. The normalized spacial score (nSPS) is 21.8. The number of para-hydroxylation sites is 1. The van der Waals surface area contributed by atoms with Gasteiger partial charge in [-0.15, -0.1) is 8.78 Å². The minimum atomic E-state index is -4.02. The molecule has 0 unspecified atom stereocenters. The highest BCUT2D eigenvalue weighted by Crippen LogP contribution is 2.44. The van der Waals surface area contributed by atoms with Gasteiger partial charge in [-0.1, -0.05) is 24.3 Å². The Kier molecular flexibility index (Phi) is 6.34. The van der Waals surface area contributed by atoms with Crippen LogP contribution >= 0.6 is 0 Å². The molecule has 0 bridgehead atoms. The average Bonchev–Trinajstić information content (AvgIpc) is 3.06. The minimum Gasteiger partial charge on any atom is -0.444 e. The molecule has 2 aliphatic heterocycles. The van der Waals surface area contributed by atoms with E-state index >= 15 is 4.39 Å². The highest BCUT2D eigenvalue weighted by Gasteiger charge is 2.45. The Labute approximate surface area is 212 Å². The average molecular weight is 542 g/mol. The van der Waals surface area contributed by atoms with E-state index in [9.17, 15) is 22.0 Å². The Morgan fingerprint density at radius 1 is 1.22 bits per heavy atom. The number of halogens is 3. The summed E-state index contributed by atoms with van der Waals surface area (Å²) in [7, 11) is -2.81. The predicted octanol–water partition coefficient (Wildman–Crippen LogP) is 4.11. The van der Waals surface area contributed by atoms with Gasteiger partial charge in [0.1, 0.15) is 17.0 Å². The van der Waals surface area contributed by atoms with Crippen molar-refractivity contribution < 1.29 is 40.6 Å². The second-order valence-electron chi connectivity index (χ2n) is 9.96. The molecule has 2 aromatic rings. The topological polar surface area (TPSA) is 107 Å². The number of alkyl halides is 2. The number of hydrogen-bond acceptors (Lipinski definition) is 7. The van der Waals surface area contributed by atoms with Gasteiger partial charge >= 0.3 is 12.4 Å². The fourth-order valence-electron chi connectivity index (χ4n) is 4.04. The van der Waals surface area contributed by atoms with Crippen LogP contribution in [0.3, 0.4) is 0 Å². The standard InChI is InChI=1S/C24H26F3N3O6S/c1-22(2,3)36-21(31)28-20-29-23(4,13-37(32,33)30(20)5)16-12-14(9-10-17(16)25)11-15-7-6-8-18-19(15)35-24(26,27)34-18/h6-10,12H,11,13H2,1-5H3,(H,28,29,31)/t23-/m0/s1. The van der Waals surface area contributed by atoms with Crippen LogP contribution in [0.1, 0.15) is 44.4 Å². The number of carbonyl (C=O) groups excluding carboxylic acids is 1. The summed E-state index contributed by atoms with van der Waals surface area (Å²) < 4.78 is 83.2. The summed E-state index contributed by atoms with van der Waals surface area (Å²) in [6.07, 6.45) is -4.66. The van der Waals surface area contributed by atoms with Crippen LogP contribution in [0, 0.1) is 5.82 Å². The molecular weight excluding hydrogens is 515 g/mol. The van der Waals surface area contributed by atoms with Crippen molar-refractivity contribution in [2.24, 2.45) is 4.99 Å². The number of ether oxygens (including phenoxy) is 3. The molecule has 1 amide bonds. The van der Waals surface area contributed by atoms with Gasteiger partial charge < -0.3 is 14.2 Å². The number of aliphatic imine (C=N–C) groups is 1. The molecule has 0 spiro atoms. The minimum absolute atomic E-state index is 0.0553. The number of carbonyl (C=O) groups is 1. The number of guanidine groups is 1. The van der Waals surface area contributed by atoms with Crippen LogP contribution in [0.25, 0.3) is 0 Å². The van der Waals surface area contributed by atoms with Gasteiger partial charge in [-0.05, 0) is 45.4 Å². The van der Waals surface area contributed by atoms with Crippen molar-refractivity contribution >= 4 is 22.1 Å². The van der Waals surface area contributed by atoms with E-state index in [0.29, 0.717) is 11.1 Å². The van der Waals surface area contributed by atoms with Crippen molar-refractivity contribution in [1.29, 1.82) is 0 Å². The van der Waals surface area contributed by atoms with E-state index in [-0.39, 0.29) is 29.4 Å². The maximum atomic E-state index is 15.1. The molecule has 13 heteroatoms. The van der Waals surface area contributed by atoms with Crippen LogP contribution in [0.4, 0.5) is 18.0 Å². The van der Waals surface area contributed by atoms with Crippen molar-refractivity contribution in [3.05, 3.63) is 58.9 Å². The summed E-state index contributed by atoms with van der Waals surface area (Å²) in [4.78, 5) is 16.7. The largest absolute Gasteiger partial charge is 0.586 e. The summed E-state index contributed by atoms with van der Waals surface area (Å²) in [5.74, 6) is -1.90. The van der Waals surface area contributed by atoms with Gasteiger partial charge in [0, 0.05) is 24.6 Å². The first kappa shape index (κ1) is 26.6. The van der Waals surface area contributed by atoms with Crippen LogP contribution < -0.4 is 14.8 Å². The van der Waals surface area contributed by atoms with Crippen molar-refractivity contribution in [3.8, 4) is 11.5 Å². The first-order chi connectivity index (χ1) is 17.0. The third-order valence-corrected chi connectivity index (χ3v) is 7.59. The van der Waals surface area contributed by atoms with E-state index in [4.69, 9.17) is 4.74 Å². The van der Waals surface area contributed by atoms with Crippen LogP contribution in [0.15, 0.2) is 41.4 Å². The van der Waals surface area contributed by atoms with Crippen molar-refractivity contribution in [2.45, 2.75) is 51.6 Å². The van der Waals surface area contributed by atoms with E-state index in [2.05, 4.69) is 19.8 Å². The van der Waals surface area contributed by atoms with Gasteiger partial charge in [0.25, 0.3) is 0 Å². The van der Waals surface area contributed by atoms with E-state index in [1.54, 1.807) is 26.8 Å². The van der Waals surface area contributed by atoms with E-state index < -0.39 is 45.1 Å². The van der Waals surface area contributed by atoms with Crippen LogP contribution in [0.2, 0.25) is 0 Å². The molecule has 200 valence electrons. The number of amides is 1. The molecule has 37 heavy (non-hydrogen) atoms. The molecule has 1 N–H and O–H groups in total. The van der Waals surface area contributed by atoms with Crippen LogP contribution in [-0.2, 0) is 26.7 Å². The molecule has 0 radical (unpaired) electrons. The Hall–Kier alpha value is -3.48. The Morgan fingerprint density at radius 3 is 2.59 bits per heavy atom. The Balaban J connectivity index is 1.70. The predicted molar refractivity (Wildman–Crippen MR) is 128 cm³/mol. The van der Waals surface area contributed by atoms with E-state index in [1.807, 2.05) is 0 Å². The van der Waals surface area contributed by atoms with Crippen molar-refractivity contribution in [3.63, 3.8) is 0 Å². The van der Waals surface area contributed by atoms with Crippen molar-refractivity contribution in [1.82, 2.24) is 9.62 Å². The molecule has 2 aliphatic rings. The third-order valence-electron chi connectivity index (χ3n) is 5.66. The van der Waals surface area contributed by atoms with Gasteiger partial charge in [0.15, 0.2) is 11.5 Å². The molecule has 9 nitrogen and oxygen atoms in total. The molecule has 2 aromatic carbocycles. The first-order valence-electron chi connectivity index (χ1n) is 11.2. The summed E-state index contributed by atoms with van der Waals surface area (Å²) in [5, 5.41) is 2.33. The zero-order chi connectivity index (χ0) is 27.4. The highest BCUT2D eigenvalue weighted by molar-refractivity contribution is 7.89. The monoisotopic (exact) mass is 541 g/mol. The number of sulfonamides is 1. The highest BCUT2D eigenvalue weighted by atomic mass is 32.2. The molecule has 4 rings (SSSR count). The molecule has 0 fully saturated rings. The molecular formula is C24H26F3N3O6S. The maximum Gasteiger partial charge on any atom is 0.586 e. The van der Waals surface area contributed by atoms with Gasteiger partial charge in [-0.25, -0.2) is 26.9 Å². The van der Waals surface area contributed by atoms with Gasteiger partial charge in [-0.2, -0.15) is 0 Å². The lowest BCUT2D eigenvalue weighted by Gasteiger charge is -2.36. The number of hydrogen-bond donors (Lipinski definition) is 1. The lowest BCUT2D eigenvalue weighted by atomic mass is 9.91. The quantitative estimate of drug-likeness (QED) is 0.627. The molecule has 1 atom stereocenters. The van der Waals surface area contributed by atoms with Crippen LogP contribution in [-0.4, -0.2) is 49.5 Å². The smallest absolute Gasteiger partial charge is 0.444 e. The molecule has 0 aliphatic carbocycles. The number of alkyl carbamates (subject to hydrolysis) is 1. The number of fused-ring (bicyclic) bond motifs is 1. The lowest BCUT2D eigenvalue weighted by molar-refractivity contribution is -0.286. The summed E-state index contributed by atoms with van der Waals surface area (Å²) in [5.41, 5.74) is -1.68. The van der Waals surface area contributed by atoms with Gasteiger partial charge in [0.2, 0.25) is 16.0 Å². The summed E-state index contributed by atoms with van der Waals surface area (Å²) in [6, 6.07) is 8.43. The van der Waals surface area contributed by atoms with Crippen molar-refractivity contribution in [2.75, 3.05) is 12.8 Å². The molecule has 0 saturated heterocycles. The Morgan fingerprint density at radius 2 is 1.92 bits per heavy atom. The van der Waals surface area contributed by atoms with Gasteiger partial charge in [0.05, 0.1) is 5.75 Å². The van der Waals surface area contributed by atoms with E-state index in [0.717, 1.165) is 10.4 Å². The number of rotatable bonds is 3. The maximum absolute atomic E-state index is 15.1. The summed E-state index contributed by atoms with van der Waals surface area (Å²) in [6.45, 7) is 6.34. The van der Waals surface area contributed by atoms with Gasteiger partial charge in [-0.3, -0.25) is 5.32 Å². The second kappa shape index (κ2) is 8.82. The second-order valence-corrected chi connectivity index (χ2v) is 12.0. The fraction of sp³-hybridized carbons (Fsp3) is 0.417. The number of nitrogens with one attached hydrogen (secondary N) is 1. The first-order valence-corrected chi connectivity index (χ1v) is 12.8. The lowest BCUT2D eigenvalue weighted by Crippen LogP contribution is -2.54. The zero-order valence-corrected chi connectivity index (χ0v) is 21.6. The zero-order valence-electron chi connectivity index (χ0n) is 20.8. The number of benzene rings is 2.